The molecule has 10 nitrogen and oxygen atoms in total. The number of methoxy groups -OCH3 is 1. The molecule has 0 radical (unpaired) electrons. The first-order chi connectivity index (χ1) is 19.6. The molecule has 1 aliphatic heterocycles. The number of para-hydroxylation sites is 1. The van der Waals surface area contributed by atoms with Crippen LogP contribution >= 0.6 is 11.3 Å². The van der Waals surface area contributed by atoms with E-state index in [0.29, 0.717) is 34.6 Å². The highest BCUT2D eigenvalue weighted by molar-refractivity contribution is 7.21. The number of aryl methyl sites for hydroxylation is 1. The number of ether oxygens (including phenoxy) is 2. The van der Waals surface area contributed by atoms with Crippen molar-refractivity contribution in [2.75, 3.05) is 20.2 Å². The number of thiophene rings is 1. The number of carbonyl (C=O) groups is 1. The highest BCUT2D eigenvalue weighted by atomic mass is 32.1. The summed E-state index contributed by atoms with van der Waals surface area (Å²) in [4.78, 5) is 44.6. The van der Waals surface area contributed by atoms with Gasteiger partial charge in [0.2, 0.25) is 5.91 Å². The smallest absolute Gasteiger partial charge is 0.333 e. The van der Waals surface area contributed by atoms with Gasteiger partial charge in [0.15, 0.2) is 0 Å². The van der Waals surface area contributed by atoms with E-state index in [1.807, 2.05) is 45.0 Å². The van der Waals surface area contributed by atoms with Gasteiger partial charge < -0.3 is 14.4 Å². The molecule has 1 aromatic carbocycles. The second-order valence-corrected chi connectivity index (χ2v) is 12.1. The lowest BCUT2D eigenvalue weighted by Gasteiger charge is -2.31. The molecule has 1 aliphatic rings. The zero-order chi connectivity index (χ0) is 29.5. The molecule has 0 aliphatic carbocycles. The molecule has 0 unspecified atom stereocenters. The minimum Gasteiger partial charge on any atom is -0.496 e. The van der Waals surface area contributed by atoms with Crippen LogP contribution in [0.2, 0.25) is 0 Å². The zero-order valence-corrected chi connectivity index (χ0v) is 25.2. The van der Waals surface area contributed by atoms with Gasteiger partial charge in [0, 0.05) is 36.6 Å². The monoisotopic (exact) mass is 579 g/mol. The first-order valence-electron chi connectivity index (χ1n) is 13.9. The number of hydrogen-bond acceptors (Lipinski definition) is 7. The first kappa shape index (κ1) is 28.8. The van der Waals surface area contributed by atoms with Crippen LogP contribution in [0, 0.1) is 6.92 Å². The van der Waals surface area contributed by atoms with Crippen LogP contribution in [-0.4, -0.2) is 56.0 Å². The number of fused-ring (bicyclic) bond motifs is 1. The summed E-state index contributed by atoms with van der Waals surface area (Å²) in [7, 11) is 1.60. The predicted octanol–water partition coefficient (Wildman–Crippen LogP) is 4.25. The van der Waals surface area contributed by atoms with Crippen LogP contribution in [0.5, 0.6) is 5.75 Å². The molecule has 0 N–H and O–H groups in total. The SMILES string of the molecule is COc1ccccc1[C@H](Cn1c(=O)n(C(C)(C)C(=O)N2CCCC2)c(=O)c2c(C)c(-n3cccn3)sc21)OC(C)C. The zero-order valence-electron chi connectivity index (χ0n) is 24.4. The Morgan fingerprint density at radius 3 is 2.46 bits per heavy atom. The summed E-state index contributed by atoms with van der Waals surface area (Å²) in [6, 6.07) is 9.36. The third-order valence-corrected chi connectivity index (χ3v) is 8.95. The van der Waals surface area contributed by atoms with E-state index in [4.69, 9.17) is 9.47 Å². The highest BCUT2D eigenvalue weighted by Crippen LogP contribution is 2.34. The Labute approximate surface area is 242 Å². The first-order valence-corrected chi connectivity index (χ1v) is 14.7. The number of carbonyl (C=O) groups excluding carboxylic acids is 1. The van der Waals surface area contributed by atoms with Gasteiger partial charge in [0.1, 0.15) is 27.2 Å². The second kappa shape index (κ2) is 11.3. The highest BCUT2D eigenvalue weighted by Gasteiger charge is 2.39. The minimum atomic E-state index is -1.40. The number of benzene rings is 1. The summed E-state index contributed by atoms with van der Waals surface area (Å²) >= 11 is 1.32. The van der Waals surface area contributed by atoms with E-state index in [-0.39, 0.29) is 18.6 Å². The number of likely N-dealkylation sites (tertiary alicyclic amines) is 1. The van der Waals surface area contributed by atoms with Gasteiger partial charge in [-0.05, 0) is 59.6 Å². The van der Waals surface area contributed by atoms with Crippen LogP contribution in [0.1, 0.15) is 57.8 Å². The lowest BCUT2D eigenvalue weighted by atomic mass is 10.0. The summed E-state index contributed by atoms with van der Waals surface area (Å²) in [5, 5.41) is 5.50. The summed E-state index contributed by atoms with van der Waals surface area (Å²) in [5.74, 6) is 0.403. The van der Waals surface area contributed by atoms with E-state index in [1.165, 1.54) is 11.3 Å². The van der Waals surface area contributed by atoms with E-state index in [9.17, 15) is 14.4 Å². The van der Waals surface area contributed by atoms with E-state index in [0.717, 1.165) is 28.0 Å². The maximum atomic E-state index is 14.4. The number of aromatic nitrogens is 4. The Balaban J connectivity index is 1.78. The van der Waals surface area contributed by atoms with E-state index >= 15 is 0 Å². The normalized spacial score (nSPS) is 14.8. The van der Waals surface area contributed by atoms with Gasteiger partial charge in [-0.3, -0.25) is 14.2 Å². The van der Waals surface area contributed by atoms with Crippen LogP contribution in [0.15, 0.2) is 52.3 Å². The average Bonchev–Trinajstić information content (AvgIpc) is 3.71. The molecule has 1 fully saturated rings. The predicted molar refractivity (Wildman–Crippen MR) is 159 cm³/mol. The van der Waals surface area contributed by atoms with Gasteiger partial charge in [0.05, 0.1) is 25.1 Å². The fourth-order valence-corrected chi connectivity index (χ4v) is 6.89. The molecule has 0 saturated carbocycles. The fraction of sp³-hybridized carbons (Fsp3) is 0.467. The van der Waals surface area contributed by atoms with Gasteiger partial charge in [0.25, 0.3) is 5.56 Å². The number of hydrogen-bond donors (Lipinski definition) is 0. The number of rotatable bonds is 9. The largest absolute Gasteiger partial charge is 0.496 e. The molecule has 0 spiro atoms. The Bertz CT molecular complexity index is 1680. The van der Waals surface area contributed by atoms with Crippen LogP contribution in [0.25, 0.3) is 15.2 Å². The summed E-state index contributed by atoms with van der Waals surface area (Å²) in [6.45, 7) is 10.4. The van der Waals surface area contributed by atoms with Gasteiger partial charge >= 0.3 is 5.69 Å². The Morgan fingerprint density at radius 1 is 1.12 bits per heavy atom. The van der Waals surface area contributed by atoms with Crippen molar-refractivity contribution in [2.24, 2.45) is 0 Å². The summed E-state index contributed by atoms with van der Waals surface area (Å²) < 4.78 is 16.4. The van der Waals surface area contributed by atoms with Crippen molar-refractivity contribution in [1.82, 2.24) is 23.8 Å². The lowest BCUT2D eigenvalue weighted by Crippen LogP contribution is -2.56. The lowest BCUT2D eigenvalue weighted by molar-refractivity contribution is -0.138. The molecule has 3 aromatic heterocycles. The molecule has 218 valence electrons. The number of amides is 1. The third kappa shape index (κ3) is 5.12. The van der Waals surface area contributed by atoms with Crippen molar-refractivity contribution in [2.45, 2.75) is 71.8 Å². The molecule has 1 amide bonds. The molecule has 5 rings (SSSR count). The minimum absolute atomic E-state index is 0.112. The summed E-state index contributed by atoms with van der Waals surface area (Å²) in [6.07, 6.45) is 4.57. The van der Waals surface area contributed by atoms with Crippen molar-refractivity contribution in [1.29, 1.82) is 0 Å². The maximum absolute atomic E-state index is 14.4. The van der Waals surface area contributed by atoms with Gasteiger partial charge in [-0.25, -0.2) is 14.0 Å². The second-order valence-electron chi connectivity index (χ2n) is 11.2. The maximum Gasteiger partial charge on any atom is 0.333 e. The Morgan fingerprint density at radius 2 is 1.83 bits per heavy atom. The number of nitrogens with zero attached hydrogens (tertiary/aromatic N) is 5. The van der Waals surface area contributed by atoms with Crippen LogP contribution < -0.4 is 16.0 Å². The van der Waals surface area contributed by atoms with Crippen molar-refractivity contribution in [3.63, 3.8) is 0 Å². The van der Waals surface area contributed by atoms with Gasteiger partial charge in [-0.1, -0.05) is 29.5 Å². The summed E-state index contributed by atoms with van der Waals surface area (Å²) in [5.41, 5.74) is -0.947. The molecule has 11 heteroatoms. The van der Waals surface area contributed by atoms with Gasteiger partial charge in [-0.2, -0.15) is 5.10 Å². The Kier molecular flexibility index (Phi) is 7.93. The quantitative estimate of drug-likeness (QED) is 0.294. The van der Waals surface area contributed by atoms with Crippen LogP contribution in [-0.2, 0) is 21.6 Å². The van der Waals surface area contributed by atoms with E-state index in [2.05, 4.69) is 5.10 Å². The molecule has 1 atom stereocenters. The van der Waals surface area contributed by atoms with Crippen molar-refractivity contribution in [3.8, 4) is 10.8 Å². The van der Waals surface area contributed by atoms with Crippen molar-refractivity contribution < 1.29 is 14.3 Å². The van der Waals surface area contributed by atoms with Crippen molar-refractivity contribution in [3.05, 3.63) is 74.7 Å². The van der Waals surface area contributed by atoms with E-state index < -0.39 is 22.9 Å². The van der Waals surface area contributed by atoms with Crippen molar-refractivity contribution >= 4 is 27.5 Å². The molecule has 1 saturated heterocycles. The van der Waals surface area contributed by atoms with Crippen LogP contribution in [0.3, 0.4) is 0 Å². The molecule has 0 bridgehead atoms. The van der Waals surface area contributed by atoms with Gasteiger partial charge in [-0.15, -0.1) is 0 Å². The fourth-order valence-electron chi connectivity index (χ4n) is 5.64. The molecular weight excluding hydrogens is 542 g/mol. The standard InChI is InChI=1S/C30H37N5O5S/c1-19(2)40-23(21-12-7-8-13-22(21)39-6)18-33-27-24(20(3)26(41-27)34-17-11-14-31-34)25(36)35(29(33)38)30(4,5)28(37)32-15-9-10-16-32/h7-8,11-14,17,19,23H,9-10,15-16,18H2,1-6H3/t23-/m0/s1. The molecule has 4 heterocycles. The topological polar surface area (TPSA) is 101 Å². The third-order valence-electron chi connectivity index (χ3n) is 7.65. The van der Waals surface area contributed by atoms with Crippen LogP contribution in [0.4, 0.5) is 0 Å². The average molecular weight is 580 g/mol. The Hall–Kier alpha value is -3.70. The molecule has 41 heavy (non-hydrogen) atoms. The molecular formula is C30H37N5O5S. The molecule has 4 aromatic rings. The van der Waals surface area contributed by atoms with E-state index in [1.54, 1.807) is 53.6 Å².